The predicted molar refractivity (Wildman–Crippen MR) is 73.5 cm³/mol. The van der Waals surface area contributed by atoms with Crippen LogP contribution in [0.25, 0.3) is 0 Å². The second-order valence-corrected chi connectivity index (χ2v) is 4.22. The lowest BCUT2D eigenvalue weighted by Gasteiger charge is -2.07. The number of methoxy groups -OCH3 is 1. The van der Waals surface area contributed by atoms with Gasteiger partial charge in [0.25, 0.3) is 0 Å². The molecule has 0 aliphatic rings. The number of hydrogen-bond donors (Lipinski definition) is 2. The van der Waals surface area contributed by atoms with E-state index in [1.807, 2.05) is 0 Å². The summed E-state index contributed by atoms with van der Waals surface area (Å²) in [6.45, 7) is 0. The number of rotatable bonds is 4. The van der Waals surface area contributed by atoms with Gasteiger partial charge in [0, 0.05) is 23.7 Å². The molecule has 4 nitrogen and oxygen atoms in total. The van der Waals surface area contributed by atoms with Crippen LogP contribution in [0.2, 0.25) is 0 Å². The van der Waals surface area contributed by atoms with Crippen molar-refractivity contribution >= 4 is 11.5 Å². The maximum atomic E-state index is 12.1. The Balaban J connectivity index is 2.20. The highest BCUT2D eigenvalue weighted by Gasteiger charge is 2.11. The summed E-state index contributed by atoms with van der Waals surface area (Å²) in [6.07, 6.45) is 0.199. The second kappa shape index (κ2) is 5.44. The van der Waals surface area contributed by atoms with Crippen molar-refractivity contribution in [3.05, 3.63) is 53.6 Å². The fraction of sp³-hybridized carbons (Fsp3) is 0.133. The summed E-state index contributed by atoms with van der Waals surface area (Å²) in [6, 6.07) is 11.6. The zero-order valence-electron chi connectivity index (χ0n) is 10.6. The Kier molecular flexibility index (Phi) is 3.71. The third-order valence-electron chi connectivity index (χ3n) is 2.83. The standard InChI is InChI=1S/C15H15NO3/c1-19-12-5-6-13(14(16)9-12)15(18)8-10-3-2-4-11(17)7-10/h2-7,9,17H,8,16H2,1H3. The SMILES string of the molecule is COc1ccc(C(=O)Cc2cccc(O)c2)c(N)c1. The number of phenols is 1. The van der Waals surface area contributed by atoms with Crippen LogP contribution in [-0.2, 0) is 6.42 Å². The zero-order valence-corrected chi connectivity index (χ0v) is 10.6. The number of ketones is 1. The van der Waals surface area contributed by atoms with Crippen LogP contribution in [0.3, 0.4) is 0 Å². The van der Waals surface area contributed by atoms with Gasteiger partial charge in [0.05, 0.1) is 7.11 Å². The molecule has 0 saturated carbocycles. The van der Waals surface area contributed by atoms with E-state index in [0.29, 0.717) is 17.0 Å². The Hall–Kier alpha value is -2.49. The Bertz CT molecular complexity index is 608. The molecule has 19 heavy (non-hydrogen) atoms. The molecular weight excluding hydrogens is 242 g/mol. The van der Waals surface area contributed by atoms with Crippen molar-refractivity contribution in [2.75, 3.05) is 12.8 Å². The van der Waals surface area contributed by atoms with Gasteiger partial charge < -0.3 is 15.6 Å². The molecule has 0 heterocycles. The van der Waals surface area contributed by atoms with Gasteiger partial charge in [-0.25, -0.2) is 0 Å². The number of nitrogens with two attached hydrogens (primary N) is 1. The smallest absolute Gasteiger partial charge is 0.169 e. The number of aromatic hydroxyl groups is 1. The van der Waals surface area contributed by atoms with Crippen molar-refractivity contribution in [2.45, 2.75) is 6.42 Å². The molecule has 0 aliphatic heterocycles. The predicted octanol–water partition coefficient (Wildman–Crippen LogP) is 2.41. The van der Waals surface area contributed by atoms with Crippen LogP contribution in [-0.4, -0.2) is 18.0 Å². The lowest BCUT2D eigenvalue weighted by Crippen LogP contribution is -2.07. The van der Waals surface area contributed by atoms with Crippen LogP contribution >= 0.6 is 0 Å². The van der Waals surface area contributed by atoms with E-state index in [2.05, 4.69) is 0 Å². The number of hydrogen-bond acceptors (Lipinski definition) is 4. The van der Waals surface area contributed by atoms with Crippen molar-refractivity contribution in [3.63, 3.8) is 0 Å². The van der Waals surface area contributed by atoms with E-state index in [9.17, 15) is 9.90 Å². The molecule has 0 amide bonds. The van der Waals surface area contributed by atoms with Crippen LogP contribution in [0.1, 0.15) is 15.9 Å². The number of nitrogen functional groups attached to an aromatic ring is 1. The number of Topliss-reactive ketones (excluding diaryl/α,β-unsaturated/α-hetero) is 1. The van der Waals surface area contributed by atoms with E-state index < -0.39 is 0 Å². The Morgan fingerprint density at radius 1 is 1.26 bits per heavy atom. The number of phenolic OH excluding ortho intramolecular Hbond substituents is 1. The summed E-state index contributed by atoms with van der Waals surface area (Å²) in [5.41, 5.74) is 7.44. The first-order valence-electron chi connectivity index (χ1n) is 5.85. The molecule has 0 aliphatic carbocycles. The molecule has 0 spiro atoms. The zero-order chi connectivity index (χ0) is 13.8. The molecule has 0 aromatic heterocycles. The minimum absolute atomic E-state index is 0.0919. The highest BCUT2D eigenvalue weighted by molar-refractivity contribution is 6.02. The Morgan fingerprint density at radius 3 is 2.68 bits per heavy atom. The van der Waals surface area contributed by atoms with Crippen molar-refractivity contribution in [3.8, 4) is 11.5 Å². The first-order chi connectivity index (χ1) is 9.10. The molecule has 4 heteroatoms. The van der Waals surface area contributed by atoms with E-state index in [4.69, 9.17) is 10.5 Å². The summed E-state index contributed by atoms with van der Waals surface area (Å²) < 4.78 is 5.04. The van der Waals surface area contributed by atoms with Gasteiger partial charge in [0.15, 0.2) is 5.78 Å². The quantitative estimate of drug-likeness (QED) is 0.651. The summed E-state index contributed by atoms with van der Waals surface area (Å²) in [7, 11) is 1.54. The molecule has 98 valence electrons. The topological polar surface area (TPSA) is 72.5 Å². The summed E-state index contributed by atoms with van der Waals surface area (Å²) in [5.74, 6) is 0.671. The molecule has 0 saturated heterocycles. The minimum atomic E-state index is -0.0919. The number of anilines is 1. The van der Waals surface area contributed by atoms with E-state index in [0.717, 1.165) is 5.56 Å². The third kappa shape index (κ3) is 3.04. The molecule has 2 aromatic carbocycles. The van der Waals surface area contributed by atoms with Crippen LogP contribution in [0, 0.1) is 0 Å². The molecule has 3 N–H and O–H groups in total. The maximum absolute atomic E-state index is 12.1. The van der Waals surface area contributed by atoms with Gasteiger partial charge in [-0.15, -0.1) is 0 Å². The Morgan fingerprint density at radius 2 is 2.05 bits per heavy atom. The van der Waals surface area contributed by atoms with Crippen LogP contribution in [0.15, 0.2) is 42.5 Å². The van der Waals surface area contributed by atoms with E-state index in [1.54, 1.807) is 49.6 Å². The van der Waals surface area contributed by atoms with Gasteiger partial charge in [-0.1, -0.05) is 12.1 Å². The summed E-state index contributed by atoms with van der Waals surface area (Å²) in [4.78, 5) is 12.1. The minimum Gasteiger partial charge on any atom is -0.508 e. The van der Waals surface area contributed by atoms with Crippen molar-refractivity contribution < 1.29 is 14.6 Å². The van der Waals surface area contributed by atoms with Gasteiger partial charge >= 0.3 is 0 Å². The Labute approximate surface area is 111 Å². The van der Waals surface area contributed by atoms with Crippen molar-refractivity contribution in [1.29, 1.82) is 0 Å². The van der Waals surface area contributed by atoms with Crippen molar-refractivity contribution in [1.82, 2.24) is 0 Å². The number of carbonyl (C=O) groups is 1. The van der Waals surface area contributed by atoms with Crippen LogP contribution < -0.4 is 10.5 Å². The monoisotopic (exact) mass is 257 g/mol. The second-order valence-electron chi connectivity index (χ2n) is 4.22. The van der Waals surface area contributed by atoms with E-state index in [1.165, 1.54) is 0 Å². The first-order valence-corrected chi connectivity index (χ1v) is 5.85. The highest BCUT2D eigenvalue weighted by atomic mass is 16.5. The average molecular weight is 257 g/mol. The maximum Gasteiger partial charge on any atom is 0.169 e. The molecule has 2 aromatic rings. The van der Waals surface area contributed by atoms with Gasteiger partial charge in [-0.2, -0.15) is 0 Å². The summed E-state index contributed by atoms with van der Waals surface area (Å²) in [5, 5.41) is 9.37. The normalized spacial score (nSPS) is 10.2. The van der Waals surface area contributed by atoms with Crippen LogP contribution in [0.4, 0.5) is 5.69 Å². The highest BCUT2D eigenvalue weighted by Crippen LogP contribution is 2.21. The van der Waals surface area contributed by atoms with Gasteiger partial charge in [-0.3, -0.25) is 4.79 Å². The first kappa shape index (κ1) is 13.0. The largest absolute Gasteiger partial charge is 0.508 e. The molecule has 0 fully saturated rings. The lowest BCUT2D eigenvalue weighted by molar-refractivity contribution is 0.0994. The average Bonchev–Trinajstić information content (AvgIpc) is 2.38. The lowest BCUT2D eigenvalue weighted by atomic mass is 10.0. The molecule has 0 bridgehead atoms. The number of ether oxygens (including phenoxy) is 1. The molecule has 0 atom stereocenters. The van der Waals surface area contributed by atoms with Crippen LogP contribution in [0.5, 0.6) is 11.5 Å². The number of carbonyl (C=O) groups excluding carboxylic acids is 1. The van der Waals surface area contributed by atoms with Crippen molar-refractivity contribution in [2.24, 2.45) is 0 Å². The molecule has 0 radical (unpaired) electrons. The van der Waals surface area contributed by atoms with Gasteiger partial charge in [0.2, 0.25) is 0 Å². The fourth-order valence-corrected chi connectivity index (χ4v) is 1.87. The van der Waals surface area contributed by atoms with Gasteiger partial charge in [-0.05, 0) is 29.8 Å². The fourth-order valence-electron chi connectivity index (χ4n) is 1.87. The number of benzene rings is 2. The third-order valence-corrected chi connectivity index (χ3v) is 2.83. The molecular formula is C15H15NO3. The molecule has 0 unspecified atom stereocenters. The summed E-state index contributed by atoms with van der Waals surface area (Å²) >= 11 is 0. The van der Waals surface area contributed by atoms with Gasteiger partial charge in [0.1, 0.15) is 11.5 Å². The molecule has 2 rings (SSSR count). The van der Waals surface area contributed by atoms with E-state index >= 15 is 0 Å². The van der Waals surface area contributed by atoms with E-state index in [-0.39, 0.29) is 18.0 Å².